The number of anilines is 1. The van der Waals surface area contributed by atoms with Gasteiger partial charge < -0.3 is 23.5 Å². The molecule has 11 heteroatoms. The fourth-order valence-electron chi connectivity index (χ4n) is 7.55. The van der Waals surface area contributed by atoms with Gasteiger partial charge in [-0.05, 0) is 95.4 Å². The molecule has 3 aromatic rings. The summed E-state index contributed by atoms with van der Waals surface area (Å²) in [5.74, 6) is 4.14. The van der Waals surface area contributed by atoms with Crippen molar-refractivity contribution in [3.8, 4) is 17.0 Å². The average molecular weight is 688 g/mol. The van der Waals surface area contributed by atoms with Gasteiger partial charge in [0.2, 0.25) is 5.91 Å². The number of aryl methyl sites for hydroxylation is 1. The van der Waals surface area contributed by atoms with Crippen molar-refractivity contribution in [1.29, 1.82) is 0 Å². The van der Waals surface area contributed by atoms with Crippen LogP contribution in [0.3, 0.4) is 0 Å². The summed E-state index contributed by atoms with van der Waals surface area (Å²) in [6, 6.07) is 8.15. The molecule has 4 fully saturated rings. The van der Waals surface area contributed by atoms with E-state index in [4.69, 9.17) is 28.8 Å². The first-order chi connectivity index (χ1) is 24.3. The summed E-state index contributed by atoms with van der Waals surface area (Å²) in [5, 5.41) is 0. The molecule has 11 nitrogen and oxygen atoms in total. The van der Waals surface area contributed by atoms with E-state index in [0.717, 1.165) is 111 Å². The van der Waals surface area contributed by atoms with Gasteiger partial charge in [0.15, 0.2) is 5.89 Å². The van der Waals surface area contributed by atoms with Gasteiger partial charge in [-0.1, -0.05) is 19.3 Å². The molecule has 7 rings (SSSR count). The minimum atomic E-state index is -0.264. The van der Waals surface area contributed by atoms with Crippen molar-refractivity contribution in [2.75, 3.05) is 45.4 Å². The van der Waals surface area contributed by atoms with Gasteiger partial charge in [0.1, 0.15) is 23.5 Å². The Morgan fingerprint density at radius 2 is 1.72 bits per heavy atom. The van der Waals surface area contributed by atoms with Crippen LogP contribution in [0.5, 0.6) is 5.75 Å². The van der Waals surface area contributed by atoms with Gasteiger partial charge in [-0.2, -0.15) is 0 Å². The molecule has 4 aliphatic rings. The number of oxazole rings is 1. The standard InChI is InChI=1S/C32H40N4O3.C7H13NO3/c1-21-29(38-2)15-14-27(34-21)23-10-8-22(9-11-23)19-36(32(37)25-6-4-3-5-7-25)30-18-26(16-17-33-30)28-20-39-31(35-28)24-12-13-24;1-6-5-8(3-4-11-6)7(9)10-2/h14-18,20,22-25H,3-13,19H2,1-2H3;6H,3-5H2,1-2H3. The minimum Gasteiger partial charge on any atom is -0.495 e. The first-order valence-corrected chi connectivity index (χ1v) is 18.5. The highest BCUT2D eigenvalue weighted by Crippen LogP contribution is 2.41. The van der Waals surface area contributed by atoms with E-state index in [-0.39, 0.29) is 24.0 Å². The van der Waals surface area contributed by atoms with E-state index in [1.165, 1.54) is 13.5 Å². The number of ether oxygens (including phenoxy) is 3. The zero-order chi connectivity index (χ0) is 35.0. The normalized spacial score (nSPS) is 22.6. The third-order valence-electron chi connectivity index (χ3n) is 10.6. The second kappa shape index (κ2) is 16.8. The fraction of sp³-hybridized carbons (Fsp3) is 0.615. The van der Waals surface area contributed by atoms with E-state index in [2.05, 4.69) is 10.8 Å². The maximum absolute atomic E-state index is 13.9. The molecule has 3 aliphatic carbocycles. The highest BCUT2D eigenvalue weighted by molar-refractivity contribution is 5.94. The summed E-state index contributed by atoms with van der Waals surface area (Å²) in [5.41, 5.74) is 3.90. The molecule has 1 atom stereocenters. The Bertz CT molecular complexity index is 1580. The number of hydrogen-bond acceptors (Lipinski definition) is 9. The van der Waals surface area contributed by atoms with Gasteiger partial charge in [-0.3, -0.25) is 14.7 Å². The molecule has 0 bridgehead atoms. The first-order valence-electron chi connectivity index (χ1n) is 18.5. The van der Waals surface area contributed by atoms with Crippen molar-refractivity contribution >= 4 is 17.8 Å². The van der Waals surface area contributed by atoms with E-state index in [0.29, 0.717) is 37.5 Å². The van der Waals surface area contributed by atoms with Crippen molar-refractivity contribution in [2.24, 2.45) is 11.8 Å². The van der Waals surface area contributed by atoms with E-state index in [9.17, 15) is 9.59 Å². The maximum Gasteiger partial charge on any atom is 0.409 e. The predicted octanol–water partition coefficient (Wildman–Crippen LogP) is 7.69. The highest BCUT2D eigenvalue weighted by Gasteiger charge is 2.33. The zero-order valence-corrected chi connectivity index (χ0v) is 30.1. The SMILES string of the molecule is COC(=O)N1CCOC(C)C1.COc1ccc(C2CCC(CN(C(=O)C3CCCCC3)c3cc(-c4coc(C5CC5)n4)ccn3)CC2)nc1C. The van der Waals surface area contributed by atoms with Crippen LogP contribution >= 0.6 is 0 Å². The molecule has 3 aromatic heterocycles. The molecule has 50 heavy (non-hydrogen) atoms. The summed E-state index contributed by atoms with van der Waals surface area (Å²) in [6.45, 7) is 6.55. The van der Waals surface area contributed by atoms with Gasteiger partial charge in [0.05, 0.1) is 39.2 Å². The third kappa shape index (κ3) is 9.02. The van der Waals surface area contributed by atoms with Crippen LogP contribution in [0.15, 0.2) is 41.1 Å². The molecule has 1 aliphatic heterocycles. The number of carbonyl (C=O) groups excluding carboxylic acids is 2. The summed E-state index contributed by atoms with van der Waals surface area (Å²) < 4.78 is 21.0. The summed E-state index contributed by atoms with van der Waals surface area (Å²) in [6.07, 6.45) is 15.6. The van der Waals surface area contributed by atoms with Crippen LogP contribution in [0.25, 0.3) is 11.3 Å². The molecule has 0 aromatic carbocycles. The Kier molecular flexibility index (Phi) is 12.0. The van der Waals surface area contributed by atoms with E-state index < -0.39 is 0 Å². The zero-order valence-electron chi connectivity index (χ0n) is 30.1. The number of rotatable bonds is 8. The maximum atomic E-state index is 13.9. The van der Waals surface area contributed by atoms with Gasteiger partial charge in [-0.15, -0.1) is 0 Å². The lowest BCUT2D eigenvalue weighted by Crippen LogP contribution is -2.44. The molecular formula is C39H53N5O6. The third-order valence-corrected chi connectivity index (χ3v) is 10.6. The summed E-state index contributed by atoms with van der Waals surface area (Å²) in [4.78, 5) is 42.8. The molecule has 1 saturated heterocycles. The minimum absolute atomic E-state index is 0.0977. The number of aromatic nitrogens is 3. The van der Waals surface area contributed by atoms with E-state index in [1.807, 2.05) is 43.1 Å². The number of amides is 2. The monoisotopic (exact) mass is 687 g/mol. The lowest BCUT2D eigenvalue weighted by atomic mass is 9.79. The number of hydrogen-bond donors (Lipinski definition) is 0. The largest absolute Gasteiger partial charge is 0.495 e. The number of nitrogens with zero attached hydrogens (tertiary/aromatic N) is 5. The highest BCUT2D eigenvalue weighted by atomic mass is 16.5. The van der Waals surface area contributed by atoms with Crippen LogP contribution in [-0.2, 0) is 14.3 Å². The van der Waals surface area contributed by atoms with Crippen molar-refractivity contribution in [2.45, 2.75) is 102 Å². The fourth-order valence-corrected chi connectivity index (χ4v) is 7.55. The van der Waals surface area contributed by atoms with Crippen molar-refractivity contribution < 1.29 is 28.2 Å². The van der Waals surface area contributed by atoms with Gasteiger partial charge in [0, 0.05) is 48.3 Å². The van der Waals surface area contributed by atoms with Gasteiger partial charge in [0.25, 0.3) is 0 Å². The molecule has 1 unspecified atom stereocenters. The Balaban J connectivity index is 0.000000336. The van der Waals surface area contributed by atoms with Crippen molar-refractivity contribution in [3.05, 3.63) is 54.0 Å². The van der Waals surface area contributed by atoms with Crippen LogP contribution in [0, 0.1) is 18.8 Å². The summed E-state index contributed by atoms with van der Waals surface area (Å²) in [7, 11) is 3.08. The molecule has 0 N–H and O–H groups in total. The number of morpholine rings is 1. The second-order valence-corrected chi connectivity index (χ2v) is 14.4. The van der Waals surface area contributed by atoms with Crippen LogP contribution in [0.4, 0.5) is 10.6 Å². The molecule has 3 saturated carbocycles. The first kappa shape index (κ1) is 35.8. The molecule has 270 valence electrons. The van der Waals surface area contributed by atoms with Crippen LogP contribution < -0.4 is 9.64 Å². The Hall–Kier alpha value is -3.99. The predicted molar refractivity (Wildman–Crippen MR) is 190 cm³/mol. The molecular weight excluding hydrogens is 634 g/mol. The van der Waals surface area contributed by atoms with Crippen molar-refractivity contribution in [3.63, 3.8) is 0 Å². The number of pyridine rings is 2. The Morgan fingerprint density at radius 3 is 2.40 bits per heavy atom. The number of methoxy groups -OCH3 is 2. The molecule has 0 spiro atoms. The Labute approximate surface area is 296 Å². The smallest absolute Gasteiger partial charge is 0.409 e. The molecule has 0 radical (unpaired) electrons. The second-order valence-electron chi connectivity index (χ2n) is 14.4. The lowest BCUT2D eigenvalue weighted by Gasteiger charge is -2.34. The number of carbonyl (C=O) groups is 2. The topological polar surface area (TPSA) is 120 Å². The van der Waals surface area contributed by atoms with Gasteiger partial charge in [-0.25, -0.2) is 14.8 Å². The summed E-state index contributed by atoms with van der Waals surface area (Å²) >= 11 is 0. The van der Waals surface area contributed by atoms with E-state index in [1.54, 1.807) is 18.3 Å². The van der Waals surface area contributed by atoms with Crippen LogP contribution in [0.1, 0.15) is 107 Å². The Morgan fingerprint density at radius 1 is 0.960 bits per heavy atom. The van der Waals surface area contributed by atoms with E-state index >= 15 is 0 Å². The van der Waals surface area contributed by atoms with Gasteiger partial charge >= 0.3 is 6.09 Å². The quantitative estimate of drug-likeness (QED) is 0.235. The van der Waals surface area contributed by atoms with Crippen molar-refractivity contribution in [1.82, 2.24) is 19.9 Å². The lowest BCUT2D eigenvalue weighted by molar-refractivity contribution is -0.123. The molecule has 2 amide bonds. The van der Waals surface area contributed by atoms with Crippen LogP contribution in [0.2, 0.25) is 0 Å². The molecule has 4 heterocycles. The average Bonchev–Trinajstić information content (AvgIpc) is 3.89. The van der Waals surface area contributed by atoms with Crippen LogP contribution in [-0.4, -0.2) is 78.4 Å².